The molecule has 0 heterocycles. The van der Waals surface area contributed by atoms with Gasteiger partial charge in [0.05, 0.1) is 0 Å². The predicted molar refractivity (Wildman–Crippen MR) is 66.7 cm³/mol. The second kappa shape index (κ2) is 5.31. The van der Waals surface area contributed by atoms with Crippen LogP contribution in [0, 0.1) is 5.82 Å². The van der Waals surface area contributed by atoms with Crippen molar-refractivity contribution in [2.75, 3.05) is 0 Å². The van der Waals surface area contributed by atoms with Gasteiger partial charge in [-0.3, -0.25) is 0 Å². The average Bonchev–Trinajstić information content (AvgIpc) is 2.38. The van der Waals surface area contributed by atoms with Crippen LogP contribution in [0.2, 0.25) is 0 Å². The van der Waals surface area contributed by atoms with Crippen LogP contribution in [0.3, 0.4) is 0 Å². The van der Waals surface area contributed by atoms with Crippen molar-refractivity contribution >= 4 is 12.6 Å². The molecule has 1 unspecified atom stereocenters. The van der Waals surface area contributed by atoms with E-state index >= 15 is 0 Å². The molecular weight excluding hydrogens is 234 g/mol. The number of aliphatic hydroxyl groups is 1. The summed E-state index contributed by atoms with van der Waals surface area (Å²) in [5.74, 6) is -0.408. The molecule has 0 saturated carbocycles. The minimum absolute atomic E-state index is 0.338. The van der Waals surface area contributed by atoms with E-state index in [1.165, 1.54) is 30.3 Å². The molecule has 1 atom stereocenters. The van der Waals surface area contributed by atoms with Crippen molar-refractivity contribution in [1.82, 2.24) is 0 Å². The SMILES string of the molecule is OB(O)c1ccc(C(O)c2cccc(F)c2)cc1. The molecule has 0 radical (unpaired) electrons. The molecule has 0 saturated heterocycles. The zero-order valence-electron chi connectivity index (χ0n) is 9.49. The first-order valence-electron chi connectivity index (χ1n) is 5.47. The second-order valence-corrected chi connectivity index (χ2v) is 4.00. The lowest BCUT2D eigenvalue weighted by Gasteiger charge is -2.12. The maximum absolute atomic E-state index is 13.0. The van der Waals surface area contributed by atoms with Crippen LogP contribution in [-0.2, 0) is 0 Å². The van der Waals surface area contributed by atoms with E-state index in [2.05, 4.69) is 0 Å². The summed E-state index contributed by atoms with van der Waals surface area (Å²) in [6, 6.07) is 11.9. The van der Waals surface area contributed by atoms with Gasteiger partial charge in [-0.05, 0) is 28.7 Å². The van der Waals surface area contributed by atoms with Gasteiger partial charge in [0.1, 0.15) is 11.9 Å². The van der Waals surface area contributed by atoms with Crippen LogP contribution in [-0.4, -0.2) is 22.3 Å². The van der Waals surface area contributed by atoms with Crippen molar-refractivity contribution in [2.24, 2.45) is 0 Å². The Labute approximate surface area is 104 Å². The summed E-state index contributed by atoms with van der Waals surface area (Å²) in [5, 5.41) is 28.0. The molecule has 0 bridgehead atoms. The topological polar surface area (TPSA) is 60.7 Å². The smallest absolute Gasteiger partial charge is 0.423 e. The van der Waals surface area contributed by atoms with Crippen LogP contribution < -0.4 is 5.46 Å². The fraction of sp³-hybridized carbons (Fsp3) is 0.0769. The van der Waals surface area contributed by atoms with Crippen molar-refractivity contribution in [3.63, 3.8) is 0 Å². The van der Waals surface area contributed by atoms with Crippen LogP contribution >= 0.6 is 0 Å². The minimum Gasteiger partial charge on any atom is -0.423 e. The van der Waals surface area contributed by atoms with Gasteiger partial charge in [0.25, 0.3) is 0 Å². The van der Waals surface area contributed by atoms with Crippen LogP contribution in [0.4, 0.5) is 4.39 Å². The van der Waals surface area contributed by atoms with Crippen LogP contribution in [0.5, 0.6) is 0 Å². The molecule has 2 aromatic carbocycles. The number of aliphatic hydroxyl groups excluding tert-OH is 1. The average molecular weight is 246 g/mol. The quantitative estimate of drug-likeness (QED) is 0.694. The van der Waals surface area contributed by atoms with Crippen molar-refractivity contribution in [1.29, 1.82) is 0 Å². The highest BCUT2D eigenvalue weighted by atomic mass is 19.1. The highest BCUT2D eigenvalue weighted by molar-refractivity contribution is 6.58. The Morgan fingerprint density at radius 1 is 0.944 bits per heavy atom. The monoisotopic (exact) mass is 246 g/mol. The first kappa shape index (κ1) is 12.8. The number of hydrogen-bond acceptors (Lipinski definition) is 3. The highest BCUT2D eigenvalue weighted by Crippen LogP contribution is 2.21. The predicted octanol–water partition coefficient (Wildman–Crippen LogP) is 0.587. The van der Waals surface area contributed by atoms with Gasteiger partial charge in [0.2, 0.25) is 0 Å². The molecule has 92 valence electrons. The first-order valence-corrected chi connectivity index (χ1v) is 5.47. The highest BCUT2D eigenvalue weighted by Gasteiger charge is 2.14. The fourth-order valence-corrected chi connectivity index (χ4v) is 1.72. The fourth-order valence-electron chi connectivity index (χ4n) is 1.72. The van der Waals surface area contributed by atoms with E-state index in [1.807, 2.05) is 0 Å². The van der Waals surface area contributed by atoms with Crippen molar-refractivity contribution in [3.05, 3.63) is 65.5 Å². The number of hydrogen-bond donors (Lipinski definition) is 3. The molecule has 3 N–H and O–H groups in total. The molecule has 0 aliphatic heterocycles. The first-order chi connectivity index (χ1) is 8.58. The zero-order chi connectivity index (χ0) is 13.1. The Balaban J connectivity index is 2.26. The Bertz CT molecular complexity index is 528. The van der Waals surface area contributed by atoms with E-state index in [0.29, 0.717) is 16.6 Å². The molecular formula is C13H12BFO3. The second-order valence-electron chi connectivity index (χ2n) is 4.00. The van der Waals surface area contributed by atoms with Crippen molar-refractivity contribution in [2.45, 2.75) is 6.10 Å². The Morgan fingerprint density at radius 3 is 2.17 bits per heavy atom. The third-order valence-corrected chi connectivity index (χ3v) is 2.71. The maximum atomic E-state index is 13.0. The van der Waals surface area contributed by atoms with Crippen LogP contribution in [0.15, 0.2) is 48.5 Å². The summed E-state index contributed by atoms with van der Waals surface area (Å²) in [4.78, 5) is 0. The largest absolute Gasteiger partial charge is 0.488 e. The molecule has 18 heavy (non-hydrogen) atoms. The Morgan fingerprint density at radius 2 is 1.61 bits per heavy atom. The van der Waals surface area contributed by atoms with E-state index < -0.39 is 19.0 Å². The summed E-state index contributed by atoms with van der Waals surface area (Å²) in [7, 11) is -1.54. The van der Waals surface area contributed by atoms with Crippen molar-refractivity contribution in [3.8, 4) is 0 Å². The molecule has 2 aromatic rings. The molecule has 2 rings (SSSR count). The van der Waals surface area contributed by atoms with Gasteiger partial charge in [-0.1, -0.05) is 36.4 Å². The number of rotatable bonds is 3. The van der Waals surface area contributed by atoms with Gasteiger partial charge in [0, 0.05) is 0 Å². The zero-order valence-corrected chi connectivity index (χ0v) is 9.49. The molecule has 0 aliphatic carbocycles. The summed E-state index contributed by atoms with van der Waals surface area (Å²) in [6.45, 7) is 0. The molecule has 3 nitrogen and oxygen atoms in total. The molecule has 0 aliphatic rings. The molecule has 0 spiro atoms. The van der Waals surface area contributed by atoms with Gasteiger partial charge < -0.3 is 15.2 Å². The third kappa shape index (κ3) is 2.76. The summed E-state index contributed by atoms with van der Waals surface area (Å²) in [5.41, 5.74) is 1.35. The van der Waals surface area contributed by atoms with Crippen molar-refractivity contribution < 1.29 is 19.5 Å². The lowest BCUT2D eigenvalue weighted by molar-refractivity contribution is 0.220. The minimum atomic E-state index is -1.54. The van der Waals surface area contributed by atoms with Gasteiger partial charge in [0.15, 0.2) is 0 Å². The maximum Gasteiger partial charge on any atom is 0.488 e. The van der Waals surface area contributed by atoms with E-state index in [1.54, 1.807) is 18.2 Å². The van der Waals surface area contributed by atoms with E-state index in [4.69, 9.17) is 10.0 Å². The lowest BCUT2D eigenvalue weighted by Crippen LogP contribution is -2.29. The molecule has 0 aromatic heterocycles. The molecule has 0 fully saturated rings. The number of halogens is 1. The van der Waals surface area contributed by atoms with Gasteiger partial charge in [-0.25, -0.2) is 4.39 Å². The number of benzene rings is 2. The third-order valence-electron chi connectivity index (χ3n) is 2.71. The standard InChI is InChI=1S/C13H12BFO3/c15-12-3-1-2-10(8-12)13(16)9-4-6-11(7-5-9)14(17)18/h1-8,13,16-18H. The Hall–Kier alpha value is -1.69. The van der Waals surface area contributed by atoms with E-state index in [0.717, 1.165) is 0 Å². The van der Waals surface area contributed by atoms with Gasteiger partial charge in [-0.15, -0.1) is 0 Å². The molecule has 0 amide bonds. The molecule has 5 heteroatoms. The van der Waals surface area contributed by atoms with Gasteiger partial charge in [-0.2, -0.15) is 0 Å². The van der Waals surface area contributed by atoms with Gasteiger partial charge >= 0.3 is 7.12 Å². The van der Waals surface area contributed by atoms with E-state index in [-0.39, 0.29) is 0 Å². The summed E-state index contributed by atoms with van der Waals surface area (Å²) >= 11 is 0. The summed E-state index contributed by atoms with van der Waals surface area (Å²) < 4.78 is 13.0. The van der Waals surface area contributed by atoms with Crippen LogP contribution in [0.1, 0.15) is 17.2 Å². The lowest BCUT2D eigenvalue weighted by atomic mass is 9.80. The summed E-state index contributed by atoms with van der Waals surface area (Å²) in [6.07, 6.45) is -0.939. The normalized spacial score (nSPS) is 12.2. The van der Waals surface area contributed by atoms with E-state index in [9.17, 15) is 9.50 Å². The Kier molecular flexibility index (Phi) is 3.76. The van der Waals surface area contributed by atoms with Crippen LogP contribution in [0.25, 0.3) is 0 Å².